The van der Waals surface area contributed by atoms with Crippen LogP contribution in [0.3, 0.4) is 0 Å². The number of hydrogen-bond acceptors (Lipinski definition) is 5. The largest absolute Gasteiger partial charge is 0.351 e. The van der Waals surface area contributed by atoms with Crippen molar-refractivity contribution in [1.29, 1.82) is 0 Å². The minimum Gasteiger partial charge on any atom is -0.351 e. The standard InChI is InChI=1S/C18H21N3O3/c1-12(2)15-10-16(24-20-15)18(23)21-9-5-6-13(11-21)17(22)14-7-3-4-8-19-14/h3-4,7-8,10,12-13H,5-6,9,11H2,1-2H3. The Kier molecular flexibility index (Phi) is 4.74. The van der Waals surface area contributed by atoms with Crippen molar-refractivity contribution in [3.05, 3.63) is 47.6 Å². The van der Waals surface area contributed by atoms with Gasteiger partial charge in [-0.05, 0) is 30.9 Å². The molecule has 2 aromatic heterocycles. The molecule has 126 valence electrons. The Morgan fingerprint density at radius 1 is 1.33 bits per heavy atom. The Morgan fingerprint density at radius 2 is 2.17 bits per heavy atom. The first kappa shape index (κ1) is 16.4. The summed E-state index contributed by atoms with van der Waals surface area (Å²) in [5, 5.41) is 3.93. The van der Waals surface area contributed by atoms with Gasteiger partial charge in [-0.15, -0.1) is 0 Å². The summed E-state index contributed by atoms with van der Waals surface area (Å²) in [7, 11) is 0. The third-order valence-corrected chi connectivity index (χ3v) is 4.33. The summed E-state index contributed by atoms with van der Waals surface area (Å²) in [6.45, 7) is 5.01. The highest BCUT2D eigenvalue weighted by Crippen LogP contribution is 2.23. The normalized spacial score (nSPS) is 18.0. The van der Waals surface area contributed by atoms with Crippen molar-refractivity contribution in [2.75, 3.05) is 13.1 Å². The smallest absolute Gasteiger partial charge is 0.292 e. The molecule has 6 heteroatoms. The number of pyridine rings is 1. The Hall–Kier alpha value is -2.50. The first-order valence-corrected chi connectivity index (χ1v) is 8.27. The van der Waals surface area contributed by atoms with Crippen LogP contribution in [0, 0.1) is 5.92 Å². The lowest BCUT2D eigenvalue weighted by atomic mass is 9.91. The molecule has 0 radical (unpaired) electrons. The van der Waals surface area contributed by atoms with Gasteiger partial charge in [0.1, 0.15) is 5.69 Å². The van der Waals surface area contributed by atoms with Gasteiger partial charge in [0.05, 0.1) is 5.69 Å². The zero-order valence-corrected chi connectivity index (χ0v) is 13.9. The third kappa shape index (κ3) is 3.37. The second kappa shape index (κ2) is 6.95. The summed E-state index contributed by atoms with van der Waals surface area (Å²) in [6.07, 6.45) is 3.17. The van der Waals surface area contributed by atoms with Gasteiger partial charge < -0.3 is 9.42 Å². The highest BCUT2D eigenvalue weighted by Gasteiger charge is 2.31. The molecule has 0 saturated carbocycles. The van der Waals surface area contributed by atoms with Gasteiger partial charge in [0, 0.05) is 31.3 Å². The zero-order valence-electron chi connectivity index (χ0n) is 13.9. The van der Waals surface area contributed by atoms with Gasteiger partial charge in [-0.25, -0.2) is 0 Å². The van der Waals surface area contributed by atoms with E-state index in [4.69, 9.17) is 4.52 Å². The van der Waals surface area contributed by atoms with Crippen LogP contribution in [0.2, 0.25) is 0 Å². The summed E-state index contributed by atoms with van der Waals surface area (Å²) < 4.78 is 5.18. The average Bonchev–Trinajstić information content (AvgIpc) is 3.12. The molecule has 2 aromatic rings. The maximum Gasteiger partial charge on any atom is 0.292 e. The quantitative estimate of drug-likeness (QED) is 0.807. The summed E-state index contributed by atoms with van der Waals surface area (Å²) in [6, 6.07) is 6.99. The highest BCUT2D eigenvalue weighted by atomic mass is 16.5. The van der Waals surface area contributed by atoms with Crippen molar-refractivity contribution in [2.24, 2.45) is 5.92 Å². The summed E-state index contributed by atoms with van der Waals surface area (Å²) in [4.78, 5) is 31.0. The Balaban J connectivity index is 1.70. The molecule has 0 N–H and O–H groups in total. The van der Waals surface area contributed by atoms with Crippen LogP contribution in [0.15, 0.2) is 35.0 Å². The van der Waals surface area contributed by atoms with Crippen LogP contribution in [0.1, 0.15) is 59.3 Å². The minimum atomic E-state index is -0.218. The van der Waals surface area contributed by atoms with E-state index in [1.165, 1.54) is 0 Å². The number of aromatic nitrogens is 2. The van der Waals surface area contributed by atoms with E-state index in [9.17, 15) is 9.59 Å². The maximum atomic E-state index is 12.6. The fraction of sp³-hybridized carbons (Fsp3) is 0.444. The summed E-state index contributed by atoms with van der Waals surface area (Å²) in [5.41, 5.74) is 1.22. The van der Waals surface area contributed by atoms with Crippen LogP contribution in [0.4, 0.5) is 0 Å². The van der Waals surface area contributed by atoms with Crippen LogP contribution in [0.5, 0.6) is 0 Å². The minimum absolute atomic E-state index is 0.00598. The summed E-state index contributed by atoms with van der Waals surface area (Å²) in [5.74, 6) is 0.0197. The predicted molar refractivity (Wildman–Crippen MR) is 87.8 cm³/mol. The number of likely N-dealkylation sites (tertiary alicyclic amines) is 1. The van der Waals surface area contributed by atoms with Gasteiger partial charge in [0.15, 0.2) is 5.78 Å². The number of ketones is 1. The fourth-order valence-electron chi connectivity index (χ4n) is 2.91. The molecule has 1 atom stereocenters. The number of nitrogens with zero attached hydrogens (tertiary/aromatic N) is 3. The van der Waals surface area contributed by atoms with E-state index < -0.39 is 0 Å². The van der Waals surface area contributed by atoms with Gasteiger partial charge in [0.25, 0.3) is 5.91 Å². The molecule has 1 saturated heterocycles. The molecule has 1 aliphatic rings. The molecule has 1 fully saturated rings. The van der Waals surface area contributed by atoms with Crippen LogP contribution in [-0.2, 0) is 0 Å². The molecule has 0 bridgehead atoms. The number of amides is 1. The lowest BCUT2D eigenvalue weighted by molar-refractivity contribution is 0.0601. The Morgan fingerprint density at radius 3 is 2.83 bits per heavy atom. The maximum absolute atomic E-state index is 12.6. The molecular formula is C18H21N3O3. The monoisotopic (exact) mass is 327 g/mol. The lowest BCUT2D eigenvalue weighted by Gasteiger charge is -2.31. The molecule has 0 aromatic carbocycles. The van der Waals surface area contributed by atoms with E-state index in [0.717, 1.165) is 18.5 Å². The number of carbonyl (C=O) groups excluding carboxylic acids is 2. The number of hydrogen-bond donors (Lipinski definition) is 0. The van der Waals surface area contributed by atoms with Crippen molar-refractivity contribution in [2.45, 2.75) is 32.6 Å². The molecule has 0 spiro atoms. The van der Waals surface area contributed by atoms with E-state index in [0.29, 0.717) is 18.8 Å². The SMILES string of the molecule is CC(C)c1cc(C(=O)N2CCCC(C(=O)c3ccccn3)C2)on1. The fourth-order valence-corrected chi connectivity index (χ4v) is 2.91. The van der Waals surface area contributed by atoms with E-state index in [2.05, 4.69) is 10.1 Å². The lowest BCUT2D eigenvalue weighted by Crippen LogP contribution is -2.42. The van der Waals surface area contributed by atoms with Crippen LogP contribution >= 0.6 is 0 Å². The molecule has 1 unspecified atom stereocenters. The van der Waals surface area contributed by atoms with Gasteiger partial charge in [-0.1, -0.05) is 25.1 Å². The molecule has 1 amide bonds. The van der Waals surface area contributed by atoms with Gasteiger partial charge in [-0.2, -0.15) is 0 Å². The molecule has 1 aliphatic heterocycles. The Bertz CT molecular complexity index is 724. The number of Topliss-reactive ketones (excluding diaryl/α,β-unsaturated/α-hetero) is 1. The van der Waals surface area contributed by atoms with Crippen molar-refractivity contribution in [3.63, 3.8) is 0 Å². The van der Waals surface area contributed by atoms with Crippen LogP contribution < -0.4 is 0 Å². The predicted octanol–water partition coefficient (Wildman–Crippen LogP) is 2.93. The van der Waals surface area contributed by atoms with Gasteiger partial charge >= 0.3 is 0 Å². The third-order valence-electron chi connectivity index (χ3n) is 4.33. The first-order valence-electron chi connectivity index (χ1n) is 8.27. The number of carbonyl (C=O) groups is 2. The second-order valence-electron chi connectivity index (χ2n) is 6.44. The molecule has 3 heterocycles. The number of rotatable bonds is 4. The highest BCUT2D eigenvalue weighted by molar-refractivity contribution is 5.97. The first-order chi connectivity index (χ1) is 11.6. The van der Waals surface area contributed by atoms with Crippen molar-refractivity contribution in [1.82, 2.24) is 15.0 Å². The Labute approximate surface area is 140 Å². The molecular weight excluding hydrogens is 306 g/mol. The van der Waals surface area contributed by atoms with Crippen LogP contribution in [-0.4, -0.2) is 39.8 Å². The van der Waals surface area contributed by atoms with E-state index >= 15 is 0 Å². The average molecular weight is 327 g/mol. The van der Waals surface area contributed by atoms with Crippen molar-refractivity contribution >= 4 is 11.7 Å². The zero-order chi connectivity index (χ0) is 17.1. The van der Waals surface area contributed by atoms with E-state index in [1.807, 2.05) is 13.8 Å². The summed E-state index contributed by atoms with van der Waals surface area (Å²) >= 11 is 0. The number of piperidine rings is 1. The topological polar surface area (TPSA) is 76.3 Å². The second-order valence-corrected chi connectivity index (χ2v) is 6.44. The van der Waals surface area contributed by atoms with Gasteiger partial charge in [-0.3, -0.25) is 14.6 Å². The van der Waals surface area contributed by atoms with Crippen LogP contribution in [0.25, 0.3) is 0 Å². The van der Waals surface area contributed by atoms with Crippen molar-refractivity contribution < 1.29 is 14.1 Å². The van der Waals surface area contributed by atoms with Gasteiger partial charge in [0.2, 0.25) is 5.76 Å². The van der Waals surface area contributed by atoms with E-state index in [-0.39, 0.29) is 29.3 Å². The van der Waals surface area contributed by atoms with E-state index in [1.54, 1.807) is 35.4 Å². The molecule has 0 aliphatic carbocycles. The van der Waals surface area contributed by atoms with Crippen molar-refractivity contribution in [3.8, 4) is 0 Å². The molecule has 24 heavy (non-hydrogen) atoms. The molecule has 3 rings (SSSR count). The molecule has 6 nitrogen and oxygen atoms in total.